The molecule has 8 heteroatoms. The van der Waals surface area contributed by atoms with Crippen LogP contribution >= 0.6 is 0 Å². The van der Waals surface area contributed by atoms with Crippen LogP contribution in [0.1, 0.15) is 23.9 Å². The monoisotopic (exact) mass is 417 g/mol. The predicted octanol–water partition coefficient (Wildman–Crippen LogP) is 4.11. The van der Waals surface area contributed by atoms with E-state index in [2.05, 4.69) is 10.3 Å². The van der Waals surface area contributed by atoms with Crippen molar-refractivity contribution < 1.29 is 22.4 Å². The second-order valence-corrected chi connectivity index (χ2v) is 7.08. The number of likely N-dealkylation sites (N-methyl/N-ethyl adjacent to an activating group) is 1. The molecule has 0 aliphatic rings. The van der Waals surface area contributed by atoms with E-state index in [1.807, 2.05) is 25.1 Å². The van der Waals surface area contributed by atoms with Crippen LogP contribution in [0.5, 0.6) is 0 Å². The number of amides is 1. The van der Waals surface area contributed by atoms with Crippen molar-refractivity contribution in [2.75, 3.05) is 20.6 Å². The Balaban J connectivity index is 1.55. The number of aryl methyl sites for hydroxylation is 1. The fourth-order valence-corrected chi connectivity index (χ4v) is 3.07. The molecule has 1 N–H and O–H groups in total. The van der Waals surface area contributed by atoms with Crippen LogP contribution in [0.25, 0.3) is 11.3 Å². The van der Waals surface area contributed by atoms with Crippen LogP contribution in [-0.2, 0) is 11.2 Å². The lowest BCUT2D eigenvalue weighted by Gasteiger charge is -2.25. The molecule has 0 saturated carbocycles. The van der Waals surface area contributed by atoms with Gasteiger partial charge in [-0.15, -0.1) is 0 Å². The molecule has 0 spiro atoms. The van der Waals surface area contributed by atoms with Crippen molar-refractivity contribution in [1.82, 2.24) is 15.2 Å². The van der Waals surface area contributed by atoms with Gasteiger partial charge in [-0.3, -0.25) is 4.79 Å². The zero-order chi connectivity index (χ0) is 21.7. The summed E-state index contributed by atoms with van der Waals surface area (Å²) in [6.07, 6.45) is 1.69. The van der Waals surface area contributed by atoms with Gasteiger partial charge < -0.3 is 14.6 Å². The van der Waals surface area contributed by atoms with E-state index < -0.39 is 11.6 Å². The summed E-state index contributed by atoms with van der Waals surface area (Å²) in [5.41, 5.74) is 0.863. The average molecular weight is 417 g/mol. The van der Waals surface area contributed by atoms with Gasteiger partial charge in [0.05, 0.1) is 17.8 Å². The lowest BCUT2D eigenvalue weighted by molar-refractivity contribution is -0.121. The Hall–Kier alpha value is -3.13. The number of hydrogen-bond donors (Lipinski definition) is 1. The Labute approximate surface area is 172 Å². The lowest BCUT2D eigenvalue weighted by Crippen LogP contribution is -2.34. The molecule has 1 atom stereocenters. The van der Waals surface area contributed by atoms with Crippen LogP contribution < -0.4 is 5.32 Å². The zero-order valence-corrected chi connectivity index (χ0v) is 16.7. The summed E-state index contributed by atoms with van der Waals surface area (Å²) in [5, 5.41) is 2.83. The number of aromatic nitrogens is 1. The van der Waals surface area contributed by atoms with Crippen molar-refractivity contribution in [3.05, 3.63) is 77.6 Å². The normalized spacial score (nSPS) is 12.2. The Morgan fingerprint density at radius 2 is 1.90 bits per heavy atom. The molecular weight excluding hydrogens is 395 g/mol. The highest BCUT2D eigenvalue weighted by atomic mass is 19.1. The molecule has 30 heavy (non-hydrogen) atoms. The highest BCUT2D eigenvalue weighted by Gasteiger charge is 2.17. The van der Waals surface area contributed by atoms with Gasteiger partial charge >= 0.3 is 0 Å². The minimum absolute atomic E-state index is 0.100. The maximum absolute atomic E-state index is 13.8. The topological polar surface area (TPSA) is 58.4 Å². The van der Waals surface area contributed by atoms with Gasteiger partial charge in [0.1, 0.15) is 17.5 Å². The fourth-order valence-electron chi connectivity index (χ4n) is 3.07. The number of oxazole rings is 1. The predicted molar refractivity (Wildman–Crippen MR) is 106 cm³/mol. The summed E-state index contributed by atoms with van der Waals surface area (Å²) >= 11 is 0. The molecule has 3 rings (SSSR count). The smallest absolute Gasteiger partial charge is 0.220 e. The average Bonchev–Trinajstić information content (AvgIpc) is 3.15. The summed E-state index contributed by atoms with van der Waals surface area (Å²) in [6.45, 7) is 0.312. The number of benzene rings is 2. The number of nitrogens with one attached hydrogen (secondary N) is 1. The first kappa shape index (κ1) is 21.6. The second kappa shape index (κ2) is 9.58. The van der Waals surface area contributed by atoms with E-state index in [0.717, 1.165) is 17.7 Å². The van der Waals surface area contributed by atoms with Crippen LogP contribution in [0.4, 0.5) is 13.2 Å². The van der Waals surface area contributed by atoms with E-state index in [1.165, 1.54) is 24.4 Å². The SMILES string of the molecule is CN(C)C(CNC(=O)CCc1ncc(-c2ccc(F)cc2F)o1)c1cccc(F)c1. The molecule has 2 aromatic carbocycles. The minimum atomic E-state index is -0.748. The Bertz CT molecular complexity index is 1020. The molecule has 0 fully saturated rings. The van der Waals surface area contributed by atoms with E-state index in [0.29, 0.717) is 6.54 Å². The molecule has 0 aliphatic heterocycles. The number of carbonyl (C=O) groups excluding carboxylic acids is 1. The first-order valence-corrected chi connectivity index (χ1v) is 9.42. The summed E-state index contributed by atoms with van der Waals surface area (Å²) in [6, 6.07) is 9.25. The first-order valence-electron chi connectivity index (χ1n) is 9.42. The molecule has 1 amide bonds. The lowest BCUT2D eigenvalue weighted by atomic mass is 10.1. The quantitative estimate of drug-likeness (QED) is 0.599. The Kier molecular flexibility index (Phi) is 6.89. The van der Waals surface area contributed by atoms with E-state index in [1.54, 1.807) is 6.07 Å². The largest absolute Gasteiger partial charge is 0.441 e. The van der Waals surface area contributed by atoms with Gasteiger partial charge in [-0.25, -0.2) is 18.2 Å². The number of hydrogen-bond acceptors (Lipinski definition) is 4. The standard InChI is InChI=1S/C22H22F3N3O2/c1-28(2)19(14-4-3-5-15(23)10-14)12-26-21(29)8-9-22-27-13-20(30-22)17-7-6-16(24)11-18(17)25/h3-7,10-11,13,19H,8-9,12H2,1-2H3,(H,26,29). The maximum Gasteiger partial charge on any atom is 0.220 e. The van der Waals surface area contributed by atoms with Gasteiger partial charge in [0, 0.05) is 25.5 Å². The van der Waals surface area contributed by atoms with Crippen LogP contribution in [0, 0.1) is 17.5 Å². The molecule has 0 bridgehead atoms. The number of nitrogens with zero attached hydrogens (tertiary/aromatic N) is 2. The van der Waals surface area contributed by atoms with E-state index in [-0.39, 0.29) is 47.8 Å². The molecule has 0 saturated heterocycles. The van der Waals surface area contributed by atoms with Crippen LogP contribution in [0.15, 0.2) is 53.1 Å². The van der Waals surface area contributed by atoms with E-state index in [9.17, 15) is 18.0 Å². The van der Waals surface area contributed by atoms with E-state index in [4.69, 9.17) is 4.42 Å². The molecule has 158 valence electrons. The summed E-state index contributed by atoms with van der Waals surface area (Å²) < 4.78 is 45.9. The van der Waals surface area contributed by atoms with E-state index >= 15 is 0 Å². The highest BCUT2D eigenvalue weighted by Crippen LogP contribution is 2.24. The third-order valence-corrected chi connectivity index (χ3v) is 4.67. The number of rotatable bonds is 8. The Morgan fingerprint density at radius 3 is 2.60 bits per heavy atom. The van der Waals surface area contributed by atoms with Crippen molar-refractivity contribution in [3.8, 4) is 11.3 Å². The zero-order valence-electron chi connectivity index (χ0n) is 16.7. The summed E-state index contributed by atoms with van der Waals surface area (Å²) in [7, 11) is 3.70. The van der Waals surface area contributed by atoms with Crippen molar-refractivity contribution in [3.63, 3.8) is 0 Å². The molecule has 0 aliphatic carbocycles. The first-order chi connectivity index (χ1) is 14.3. The molecule has 3 aromatic rings. The summed E-state index contributed by atoms with van der Waals surface area (Å²) in [4.78, 5) is 18.2. The van der Waals surface area contributed by atoms with Gasteiger partial charge in [0.2, 0.25) is 5.91 Å². The van der Waals surface area contributed by atoms with Crippen molar-refractivity contribution >= 4 is 5.91 Å². The minimum Gasteiger partial charge on any atom is -0.441 e. The van der Waals surface area contributed by atoms with Crippen molar-refractivity contribution in [2.24, 2.45) is 0 Å². The molecule has 0 radical (unpaired) electrons. The molecule has 1 unspecified atom stereocenters. The fraction of sp³-hybridized carbons (Fsp3) is 0.273. The summed E-state index contributed by atoms with van der Waals surface area (Å²) in [5.74, 6) is -1.53. The van der Waals surface area contributed by atoms with Crippen LogP contribution in [0.2, 0.25) is 0 Å². The van der Waals surface area contributed by atoms with Crippen LogP contribution in [0.3, 0.4) is 0 Å². The molecule has 5 nitrogen and oxygen atoms in total. The highest BCUT2D eigenvalue weighted by molar-refractivity contribution is 5.76. The van der Waals surface area contributed by atoms with Crippen molar-refractivity contribution in [1.29, 1.82) is 0 Å². The third kappa shape index (κ3) is 5.48. The molecule has 1 heterocycles. The van der Waals surface area contributed by atoms with Gasteiger partial charge in [0.15, 0.2) is 11.7 Å². The molecule has 1 aromatic heterocycles. The Morgan fingerprint density at radius 1 is 1.13 bits per heavy atom. The number of halogens is 3. The maximum atomic E-state index is 13.8. The third-order valence-electron chi connectivity index (χ3n) is 4.67. The number of carbonyl (C=O) groups is 1. The van der Waals surface area contributed by atoms with Gasteiger partial charge in [-0.1, -0.05) is 12.1 Å². The van der Waals surface area contributed by atoms with Gasteiger partial charge in [0.25, 0.3) is 0 Å². The second-order valence-electron chi connectivity index (χ2n) is 7.08. The molecular formula is C22H22F3N3O2. The van der Waals surface area contributed by atoms with Crippen LogP contribution in [-0.4, -0.2) is 36.4 Å². The van der Waals surface area contributed by atoms with Gasteiger partial charge in [-0.05, 0) is 43.9 Å². The van der Waals surface area contributed by atoms with Crippen molar-refractivity contribution in [2.45, 2.75) is 18.9 Å². The van der Waals surface area contributed by atoms with Gasteiger partial charge in [-0.2, -0.15) is 0 Å².